The van der Waals surface area contributed by atoms with Crippen LogP contribution in [0.25, 0.3) is 0 Å². The molecule has 0 bridgehead atoms. The van der Waals surface area contributed by atoms with Gasteiger partial charge >= 0.3 is 11.9 Å². The summed E-state index contributed by atoms with van der Waals surface area (Å²) in [5, 5.41) is 15.4. The van der Waals surface area contributed by atoms with Crippen LogP contribution in [-0.2, 0) is 36.8 Å². The molecule has 0 aromatic heterocycles. The van der Waals surface area contributed by atoms with Gasteiger partial charge in [-0.3, -0.25) is 19.2 Å². The molecule has 0 aliphatic rings. The first kappa shape index (κ1) is 28.8. The molecule has 2 aromatic carbocycles. The van der Waals surface area contributed by atoms with E-state index in [1.165, 1.54) is 14.0 Å². The zero-order valence-electron chi connectivity index (χ0n) is 20.5. The average molecular weight is 517 g/mol. The topological polar surface area (TPSA) is 122 Å². The predicted octanol–water partition coefficient (Wildman–Crippen LogP) is 3.55. The van der Waals surface area contributed by atoms with Crippen molar-refractivity contribution in [1.29, 1.82) is 0 Å². The smallest absolute Gasteiger partial charge is 0.304 e. The molecule has 9 heteroatoms. The number of halogens is 1. The van der Waals surface area contributed by atoms with Gasteiger partial charge < -0.3 is 20.5 Å². The maximum absolute atomic E-state index is 13.3. The van der Waals surface area contributed by atoms with Gasteiger partial charge in [0.25, 0.3) is 0 Å². The molecular formula is C27H33ClN2O6. The van der Waals surface area contributed by atoms with Gasteiger partial charge in [0.1, 0.15) is 6.10 Å². The lowest BCUT2D eigenvalue weighted by atomic mass is 9.93. The summed E-state index contributed by atoms with van der Waals surface area (Å²) < 4.78 is 5.43. The highest BCUT2D eigenvalue weighted by atomic mass is 35.5. The average Bonchev–Trinajstić information content (AvgIpc) is 2.83. The largest absolute Gasteiger partial charge is 0.481 e. The van der Waals surface area contributed by atoms with E-state index in [4.69, 9.17) is 16.3 Å². The van der Waals surface area contributed by atoms with Crippen molar-refractivity contribution in [2.75, 3.05) is 7.05 Å². The number of benzene rings is 2. The number of hydrogen-bond donors (Lipinski definition) is 3. The Balaban J connectivity index is 2.19. The lowest BCUT2D eigenvalue weighted by Crippen LogP contribution is -2.50. The minimum Gasteiger partial charge on any atom is -0.481 e. The predicted molar refractivity (Wildman–Crippen MR) is 136 cm³/mol. The number of carbonyl (C=O) groups is 4. The third kappa shape index (κ3) is 10.5. The molecule has 194 valence electrons. The number of nitrogens with one attached hydrogen (secondary N) is 2. The van der Waals surface area contributed by atoms with Crippen LogP contribution >= 0.6 is 11.6 Å². The molecule has 0 saturated heterocycles. The van der Waals surface area contributed by atoms with E-state index >= 15 is 0 Å². The molecule has 0 fully saturated rings. The molecule has 0 saturated carbocycles. The maximum Gasteiger partial charge on any atom is 0.304 e. The Labute approximate surface area is 216 Å². The molecule has 36 heavy (non-hydrogen) atoms. The summed E-state index contributed by atoms with van der Waals surface area (Å²) in [4.78, 5) is 48.7. The fourth-order valence-electron chi connectivity index (χ4n) is 3.95. The molecule has 0 aliphatic carbocycles. The molecule has 2 rings (SSSR count). The van der Waals surface area contributed by atoms with Crippen LogP contribution in [0.15, 0.2) is 54.6 Å². The fraction of sp³-hybridized carbons (Fsp3) is 0.407. The Bertz CT molecular complexity index is 1010. The van der Waals surface area contributed by atoms with E-state index in [2.05, 4.69) is 10.6 Å². The number of amides is 2. The van der Waals surface area contributed by atoms with Crippen LogP contribution in [0.4, 0.5) is 0 Å². The summed E-state index contributed by atoms with van der Waals surface area (Å²) in [6.45, 7) is 1.24. The van der Waals surface area contributed by atoms with Gasteiger partial charge in [-0.05, 0) is 48.9 Å². The van der Waals surface area contributed by atoms with Gasteiger partial charge in [-0.15, -0.1) is 0 Å². The van der Waals surface area contributed by atoms with Crippen LogP contribution in [-0.4, -0.2) is 48.1 Å². The van der Waals surface area contributed by atoms with Crippen molar-refractivity contribution in [1.82, 2.24) is 10.6 Å². The highest BCUT2D eigenvalue weighted by Gasteiger charge is 2.31. The van der Waals surface area contributed by atoms with Crippen LogP contribution in [0.3, 0.4) is 0 Å². The molecule has 0 spiro atoms. The first-order chi connectivity index (χ1) is 17.2. The standard InChI is InChI=1S/C27H33ClN2O6/c1-18(31)36-24(17-25(32)29-2)23(15-20-7-4-3-5-8-20)30-27(35)21(16-26(33)34)10-6-9-19-11-13-22(28)14-12-19/h3-5,7-8,11-14,21,23-24H,6,9-10,15-17H2,1-2H3,(H,29,32)(H,30,35)(H,33,34)/t21-,23+,24-/m1/s1. The zero-order valence-corrected chi connectivity index (χ0v) is 21.3. The van der Waals surface area contributed by atoms with Crippen LogP contribution in [0.2, 0.25) is 5.02 Å². The maximum atomic E-state index is 13.3. The van der Waals surface area contributed by atoms with Crippen LogP contribution in [0.5, 0.6) is 0 Å². The van der Waals surface area contributed by atoms with Gasteiger partial charge in [0.05, 0.1) is 18.9 Å². The van der Waals surface area contributed by atoms with Crippen molar-refractivity contribution < 1.29 is 29.0 Å². The molecular weight excluding hydrogens is 484 g/mol. The number of carboxylic acid groups (broad SMARTS) is 1. The molecule has 8 nitrogen and oxygen atoms in total. The van der Waals surface area contributed by atoms with Crippen molar-refractivity contribution >= 4 is 35.4 Å². The number of esters is 1. The molecule has 0 unspecified atom stereocenters. The first-order valence-corrected chi connectivity index (χ1v) is 12.2. The van der Waals surface area contributed by atoms with Gasteiger partial charge in [-0.25, -0.2) is 0 Å². The van der Waals surface area contributed by atoms with Crippen LogP contribution in [0, 0.1) is 5.92 Å². The van der Waals surface area contributed by atoms with Crippen molar-refractivity contribution in [3.05, 3.63) is 70.7 Å². The lowest BCUT2D eigenvalue weighted by Gasteiger charge is -2.29. The SMILES string of the molecule is CNC(=O)C[C@@H](OC(C)=O)[C@H](Cc1ccccc1)NC(=O)[C@H](CCCc1ccc(Cl)cc1)CC(=O)O. The van der Waals surface area contributed by atoms with Gasteiger partial charge in [-0.1, -0.05) is 54.1 Å². The van der Waals surface area contributed by atoms with E-state index in [9.17, 15) is 24.3 Å². The number of ether oxygens (including phenoxy) is 1. The Morgan fingerprint density at radius 3 is 2.22 bits per heavy atom. The normalized spacial score (nSPS) is 13.2. The van der Waals surface area contributed by atoms with E-state index in [1.54, 1.807) is 12.1 Å². The van der Waals surface area contributed by atoms with Gasteiger partial charge in [0.2, 0.25) is 11.8 Å². The second kappa shape index (κ2) is 14.9. The Hall–Kier alpha value is -3.39. The quantitative estimate of drug-likeness (QED) is 0.330. The third-order valence-electron chi connectivity index (χ3n) is 5.78. The molecule has 0 radical (unpaired) electrons. The fourth-order valence-corrected chi connectivity index (χ4v) is 4.07. The van der Waals surface area contributed by atoms with Gasteiger partial charge in [0.15, 0.2) is 0 Å². The number of hydrogen-bond acceptors (Lipinski definition) is 5. The number of rotatable bonds is 14. The number of aliphatic carboxylic acids is 1. The van der Waals surface area contributed by atoms with Crippen molar-refractivity contribution in [2.24, 2.45) is 5.92 Å². The molecule has 2 amide bonds. The Morgan fingerprint density at radius 1 is 0.972 bits per heavy atom. The summed E-state index contributed by atoms with van der Waals surface area (Å²) in [5.41, 5.74) is 1.91. The van der Waals surface area contributed by atoms with Crippen molar-refractivity contribution in [3.8, 4) is 0 Å². The molecule has 0 aliphatic heterocycles. The van der Waals surface area contributed by atoms with Gasteiger partial charge in [0, 0.05) is 24.9 Å². The highest BCUT2D eigenvalue weighted by molar-refractivity contribution is 6.30. The second-order valence-electron chi connectivity index (χ2n) is 8.64. The Kier molecular flexibility index (Phi) is 11.9. The monoisotopic (exact) mass is 516 g/mol. The highest BCUT2D eigenvalue weighted by Crippen LogP contribution is 2.19. The van der Waals surface area contributed by atoms with Crippen molar-refractivity contribution in [3.63, 3.8) is 0 Å². The lowest BCUT2D eigenvalue weighted by molar-refractivity contribution is -0.150. The van der Waals surface area contributed by atoms with E-state index in [-0.39, 0.29) is 18.7 Å². The van der Waals surface area contributed by atoms with E-state index in [0.29, 0.717) is 30.7 Å². The van der Waals surface area contributed by atoms with E-state index in [0.717, 1.165) is 11.1 Å². The number of carboxylic acids is 1. The summed E-state index contributed by atoms with van der Waals surface area (Å²) in [6, 6.07) is 15.9. The first-order valence-electron chi connectivity index (χ1n) is 11.9. The molecule has 0 heterocycles. The number of carbonyl (C=O) groups excluding carboxylic acids is 3. The van der Waals surface area contributed by atoms with Gasteiger partial charge in [-0.2, -0.15) is 0 Å². The Morgan fingerprint density at radius 2 is 1.64 bits per heavy atom. The molecule has 3 N–H and O–H groups in total. The van der Waals surface area contributed by atoms with Crippen LogP contribution in [0.1, 0.15) is 43.7 Å². The number of aryl methyl sites for hydroxylation is 1. The zero-order chi connectivity index (χ0) is 26.5. The van der Waals surface area contributed by atoms with Crippen molar-refractivity contribution in [2.45, 2.75) is 57.6 Å². The minimum atomic E-state index is -1.08. The summed E-state index contributed by atoms with van der Waals surface area (Å²) in [5.74, 6) is -3.25. The summed E-state index contributed by atoms with van der Waals surface area (Å²) in [6.07, 6.45) is 0.513. The third-order valence-corrected chi connectivity index (χ3v) is 6.03. The second-order valence-corrected chi connectivity index (χ2v) is 9.08. The van der Waals surface area contributed by atoms with E-state index in [1.807, 2.05) is 42.5 Å². The van der Waals surface area contributed by atoms with E-state index < -0.39 is 35.9 Å². The van der Waals surface area contributed by atoms with Crippen LogP contribution < -0.4 is 10.6 Å². The summed E-state index contributed by atoms with van der Waals surface area (Å²) in [7, 11) is 1.47. The summed E-state index contributed by atoms with van der Waals surface area (Å²) >= 11 is 5.92. The minimum absolute atomic E-state index is 0.145. The molecule has 3 atom stereocenters. The molecule has 2 aromatic rings.